The summed E-state index contributed by atoms with van der Waals surface area (Å²) in [6.07, 6.45) is 0.576. The van der Waals surface area contributed by atoms with Gasteiger partial charge in [-0.1, -0.05) is 35.4 Å². The van der Waals surface area contributed by atoms with Gasteiger partial charge in [-0.2, -0.15) is 0 Å². The predicted molar refractivity (Wildman–Crippen MR) is 80.6 cm³/mol. The van der Waals surface area contributed by atoms with Gasteiger partial charge in [0.25, 0.3) is 0 Å². The van der Waals surface area contributed by atoms with Crippen LogP contribution in [0.5, 0.6) is 0 Å². The van der Waals surface area contributed by atoms with Gasteiger partial charge in [0.2, 0.25) is 0 Å². The molecule has 1 nitrogen and oxygen atoms in total. The smallest absolute Gasteiger partial charge is 0.173 e. The van der Waals surface area contributed by atoms with E-state index >= 15 is 0 Å². The normalized spacial score (nSPS) is 12.5. The van der Waals surface area contributed by atoms with Gasteiger partial charge in [-0.25, -0.2) is 8.78 Å². The largest absolute Gasteiger partial charge is 0.324 e. The molecule has 1 atom stereocenters. The fourth-order valence-electron chi connectivity index (χ4n) is 2.38. The first-order valence-electron chi connectivity index (χ1n) is 6.34. The molecule has 0 amide bonds. The van der Waals surface area contributed by atoms with Gasteiger partial charge in [0.05, 0.1) is 4.47 Å². The molecule has 2 aromatic carbocycles. The Morgan fingerprint density at radius 2 is 1.70 bits per heavy atom. The zero-order valence-electron chi connectivity index (χ0n) is 11.4. The Labute approximate surface area is 125 Å². The van der Waals surface area contributed by atoms with Crippen LogP contribution in [-0.2, 0) is 6.42 Å². The van der Waals surface area contributed by atoms with E-state index < -0.39 is 11.6 Å². The molecule has 20 heavy (non-hydrogen) atoms. The molecule has 0 fully saturated rings. The van der Waals surface area contributed by atoms with Gasteiger partial charge in [-0.3, -0.25) is 0 Å². The third-order valence-corrected chi connectivity index (χ3v) is 4.01. The molecule has 1 unspecified atom stereocenters. The van der Waals surface area contributed by atoms with E-state index in [9.17, 15) is 8.78 Å². The second-order valence-corrected chi connectivity index (χ2v) is 5.86. The van der Waals surface area contributed by atoms with Crippen LogP contribution in [0.2, 0.25) is 0 Å². The van der Waals surface area contributed by atoms with Gasteiger partial charge in [-0.05, 0) is 53.4 Å². The Kier molecular flexibility index (Phi) is 4.55. The van der Waals surface area contributed by atoms with E-state index in [1.165, 1.54) is 6.07 Å². The molecular weight excluding hydrogens is 324 g/mol. The van der Waals surface area contributed by atoms with E-state index in [1.54, 1.807) is 0 Å². The van der Waals surface area contributed by atoms with Crippen molar-refractivity contribution >= 4 is 15.9 Å². The fraction of sp³-hybridized carbons (Fsp3) is 0.250. The highest BCUT2D eigenvalue weighted by Crippen LogP contribution is 2.28. The van der Waals surface area contributed by atoms with Crippen molar-refractivity contribution in [3.8, 4) is 0 Å². The SMILES string of the molecule is Cc1cc(C)cc(CC(N)c2ccc(F)c(F)c2Br)c1. The first-order valence-corrected chi connectivity index (χ1v) is 7.14. The van der Waals surface area contributed by atoms with Crippen molar-refractivity contribution in [1.82, 2.24) is 0 Å². The molecule has 4 heteroatoms. The molecule has 2 aromatic rings. The highest BCUT2D eigenvalue weighted by atomic mass is 79.9. The highest BCUT2D eigenvalue weighted by molar-refractivity contribution is 9.10. The van der Waals surface area contributed by atoms with Crippen LogP contribution in [0.4, 0.5) is 8.78 Å². The van der Waals surface area contributed by atoms with E-state index in [-0.39, 0.29) is 10.5 Å². The standard InChI is InChI=1S/C16H16BrF2N/c1-9-5-10(2)7-11(6-9)8-14(20)12-3-4-13(18)16(19)15(12)17/h3-7,14H,8,20H2,1-2H3. The Bertz CT molecular complexity index is 620. The highest BCUT2D eigenvalue weighted by Gasteiger charge is 2.16. The molecule has 0 aliphatic rings. The van der Waals surface area contributed by atoms with Crippen molar-refractivity contribution in [2.45, 2.75) is 26.3 Å². The van der Waals surface area contributed by atoms with Crippen molar-refractivity contribution < 1.29 is 8.78 Å². The molecule has 0 saturated carbocycles. The Morgan fingerprint density at radius 1 is 1.10 bits per heavy atom. The molecule has 2 rings (SSSR count). The molecule has 2 N–H and O–H groups in total. The van der Waals surface area contributed by atoms with Gasteiger partial charge in [0, 0.05) is 6.04 Å². The summed E-state index contributed by atoms with van der Waals surface area (Å²) in [5, 5.41) is 0. The van der Waals surface area contributed by atoms with E-state index in [2.05, 4.69) is 34.1 Å². The van der Waals surface area contributed by atoms with Crippen LogP contribution < -0.4 is 5.73 Å². The summed E-state index contributed by atoms with van der Waals surface area (Å²) < 4.78 is 26.8. The Morgan fingerprint density at radius 3 is 2.30 bits per heavy atom. The summed E-state index contributed by atoms with van der Waals surface area (Å²) in [5.41, 5.74) is 10.1. The minimum absolute atomic E-state index is 0.106. The zero-order valence-corrected chi connectivity index (χ0v) is 13.0. The van der Waals surface area contributed by atoms with Gasteiger partial charge >= 0.3 is 0 Å². The van der Waals surface area contributed by atoms with Crippen molar-refractivity contribution in [1.29, 1.82) is 0 Å². The van der Waals surface area contributed by atoms with Crippen LogP contribution in [0, 0.1) is 25.5 Å². The van der Waals surface area contributed by atoms with E-state index in [4.69, 9.17) is 5.73 Å². The van der Waals surface area contributed by atoms with Gasteiger partial charge in [-0.15, -0.1) is 0 Å². The summed E-state index contributed by atoms with van der Waals surface area (Å²) >= 11 is 3.08. The second-order valence-electron chi connectivity index (χ2n) is 5.07. The van der Waals surface area contributed by atoms with Crippen LogP contribution in [0.15, 0.2) is 34.8 Å². The summed E-state index contributed by atoms with van der Waals surface area (Å²) in [5.74, 6) is -1.77. The number of hydrogen-bond donors (Lipinski definition) is 1. The predicted octanol–water partition coefficient (Wildman–Crippen LogP) is 4.59. The number of halogens is 3. The molecular formula is C16H16BrF2N. The summed E-state index contributed by atoms with van der Waals surface area (Å²) in [4.78, 5) is 0. The lowest BCUT2D eigenvalue weighted by molar-refractivity contribution is 0.500. The quantitative estimate of drug-likeness (QED) is 0.813. The third kappa shape index (κ3) is 3.25. The second kappa shape index (κ2) is 6.02. The van der Waals surface area contributed by atoms with Crippen LogP contribution in [0.1, 0.15) is 28.3 Å². The maximum atomic E-state index is 13.5. The maximum absolute atomic E-state index is 13.5. The fourth-order valence-corrected chi connectivity index (χ4v) is 2.99. The number of nitrogens with two attached hydrogens (primary N) is 1. The summed E-state index contributed by atoms with van der Waals surface area (Å²) in [6.45, 7) is 4.05. The van der Waals surface area contributed by atoms with Crippen molar-refractivity contribution in [3.63, 3.8) is 0 Å². The van der Waals surface area contributed by atoms with Gasteiger partial charge in [0.1, 0.15) is 0 Å². The number of hydrogen-bond acceptors (Lipinski definition) is 1. The average molecular weight is 340 g/mol. The molecule has 0 saturated heterocycles. The molecule has 0 aliphatic heterocycles. The molecule has 106 valence electrons. The molecule has 0 bridgehead atoms. The third-order valence-electron chi connectivity index (χ3n) is 3.20. The lowest BCUT2D eigenvalue weighted by atomic mass is 9.97. The van der Waals surface area contributed by atoms with E-state index in [0.717, 1.165) is 22.8 Å². The lowest BCUT2D eigenvalue weighted by Crippen LogP contribution is -2.15. The zero-order chi connectivity index (χ0) is 14.9. The number of benzene rings is 2. The Balaban J connectivity index is 2.28. The monoisotopic (exact) mass is 339 g/mol. The maximum Gasteiger partial charge on any atom is 0.173 e. The van der Waals surface area contributed by atoms with E-state index in [0.29, 0.717) is 12.0 Å². The first-order chi connectivity index (χ1) is 9.38. The molecule has 0 spiro atoms. The van der Waals surface area contributed by atoms with Crippen LogP contribution >= 0.6 is 15.9 Å². The molecule has 0 radical (unpaired) electrons. The van der Waals surface area contributed by atoms with E-state index in [1.807, 2.05) is 13.8 Å². The van der Waals surface area contributed by atoms with Gasteiger partial charge in [0.15, 0.2) is 11.6 Å². The number of aryl methyl sites for hydroxylation is 2. The minimum Gasteiger partial charge on any atom is -0.324 e. The summed E-state index contributed by atoms with van der Waals surface area (Å²) in [7, 11) is 0. The first kappa shape index (κ1) is 15.1. The van der Waals surface area contributed by atoms with Crippen LogP contribution in [0.3, 0.4) is 0 Å². The summed E-state index contributed by atoms with van der Waals surface area (Å²) in [6, 6.07) is 8.44. The van der Waals surface area contributed by atoms with Crippen LogP contribution in [-0.4, -0.2) is 0 Å². The minimum atomic E-state index is -0.890. The molecule has 0 aliphatic carbocycles. The average Bonchev–Trinajstić information content (AvgIpc) is 2.34. The lowest BCUT2D eigenvalue weighted by Gasteiger charge is -2.15. The molecule has 0 aromatic heterocycles. The topological polar surface area (TPSA) is 26.0 Å². The van der Waals surface area contributed by atoms with Crippen molar-refractivity contribution in [3.05, 3.63) is 68.7 Å². The molecule has 0 heterocycles. The van der Waals surface area contributed by atoms with Crippen LogP contribution in [0.25, 0.3) is 0 Å². The van der Waals surface area contributed by atoms with Crippen molar-refractivity contribution in [2.75, 3.05) is 0 Å². The number of rotatable bonds is 3. The Hall–Kier alpha value is -1.26. The van der Waals surface area contributed by atoms with Gasteiger partial charge < -0.3 is 5.73 Å². The van der Waals surface area contributed by atoms with Crippen molar-refractivity contribution in [2.24, 2.45) is 5.73 Å².